The fraction of sp³-hybridized carbons (Fsp3) is 0.333. The van der Waals surface area contributed by atoms with Crippen LogP contribution in [-0.2, 0) is 11.4 Å². The first-order valence-electron chi connectivity index (χ1n) is 17.8. The average Bonchev–Trinajstić information content (AvgIpc) is 3.91. The minimum absolute atomic E-state index is 0.0642. The molecule has 1 aromatic heterocycles. The van der Waals surface area contributed by atoms with Crippen LogP contribution in [0.5, 0.6) is 5.75 Å². The zero-order valence-corrected chi connectivity index (χ0v) is 28.3. The highest BCUT2D eigenvalue weighted by molar-refractivity contribution is 6.03. The SMILES string of the molecule is CC(C1CCCN1)n1c(C(=O)NCCCN2CCCC2=O)c(C(c2ccccc2)c2ccc(OCc3ccccc3)cc2)c2ccccc21. The van der Waals surface area contributed by atoms with Gasteiger partial charge in [-0.3, -0.25) is 9.59 Å². The van der Waals surface area contributed by atoms with Crippen molar-refractivity contribution in [2.45, 2.75) is 63.6 Å². The first kappa shape index (κ1) is 32.7. The summed E-state index contributed by atoms with van der Waals surface area (Å²) in [5.74, 6) is 0.751. The third kappa shape index (κ3) is 7.13. The smallest absolute Gasteiger partial charge is 0.268 e. The van der Waals surface area contributed by atoms with Crippen LogP contribution in [-0.4, -0.2) is 53.5 Å². The molecule has 3 heterocycles. The van der Waals surface area contributed by atoms with E-state index in [0.717, 1.165) is 77.7 Å². The summed E-state index contributed by atoms with van der Waals surface area (Å²) in [5, 5.41) is 8.07. The largest absolute Gasteiger partial charge is 0.489 e. The van der Waals surface area contributed by atoms with Gasteiger partial charge in [-0.15, -0.1) is 0 Å². The first-order chi connectivity index (χ1) is 24.1. The normalized spacial score (nSPS) is 17.4. The van der Waals surface area contributed by atoms with Crippen LogP contribution in [0.25, 0.3) is 10.9 Å². The molecule has 7 rings (SSSR count). The zero-order chi connectivity index (χ0) is 33.6. The van der Waals surface area contributed by atoms with E-state index in [0.29, 0.717) is 31.8 Å². The quantitative estimate of drug-likeness (QED) is 0.129. The van der Waals surface area contributed by atoms with Gasteiger partial charge in [-0.1, -0.05) is 91.0 Å². The molecule has 252 valence electrons. The van der Waals surface area contributed by atoms with Gasteiger partial charge in [-0.05, 0) is 74.0 Å². The average molecular weight is 655 g/mol. The van der Waals surface area contributed by atoms with E-state index in [-0.39, 0.29) is 29.8 Å². The van der Waals surface area contributed by atoms with Gasteiger partial charge in [0.2, 0.25) is 5.91 Å². The number of carbonyl (C=O) groups excluding carboxylic acids is 2. The highest BCUT2D eigenvalue weighted by Gasteiger charge is 2.34. The molecule has 2 aliphatic rings. The molecule has 2 saturated heterocycles. The summed E-state index contributed by atoms with van der Waals surface area (Å²) in [5.41, 5.74) is 6.12. The lowest BCUT2D eigenvalue weighted by Crippen LogP contribution is -2.35. The van der Waals surface area contributed by atoms with E-state index in [4.69, 9.17) is 4.74 Å². The number of hydrogen-bond acceptors (Lipinski definition) is 4. The van der Waals surface area contributed by atoms with Gasteiger partial charge >= 0.3 is 0 Å². The second-order valence-corrected chi connectivity index (χ2v) is 13.4. The van der Waals surface area contributed by atoms with Crippen molar-refractivity contribution >= 4 is 22.7 Å². The Labute approximate surface area is 289 Å². The molecule has 0 aliphatic carbocycles. The molecule has 3 atom stereocenters. The van der Waals surface area contributed by atoms with Crippen molar-refractivity contribution in [2.24, 2.45) is 0 Å². The van der Waals surface area contributed by atoms with Crippen molar-refractivity contribution in [2.75, 3.05) is 26.2 Å². The molecule has 49 heavy (non-hydrogen) atoms. The number of para-hydroxylation sites is 1. The maximum Gasteiger partial charge on any atom is 0.268 e. The van der Waals surface area contributed by atoms with E-state index in [9.17, 15) is 9.59 Å². The Morgan fingerprint density at radius 3 is 2.33 bits per heavy atom. The summed E-state index contributed by atoms with van der Waals surface area (Å²) in [6, 6.07) is 37.9. The molecule has 2 fully saturated rings. The van der Waals surface area contributed by atoms with Crippen molar-refractivity contribution in [3.05, 3.63) is 137 Å². The van der Waals surface area contributed by atoms with Crippen LogP contribution < -0.4 is 15.4 Å². The number of aromatic nitrogens is 1. The fourth-order valence-corrected chi connectivity index (χ4v) is 7.70. The molecule has 2 aliphatic heterocycles. The Hall–Kier alpha value is -4.88. The molecule has 2 amide bonds. The predicted molar refractivity (Wildman–Crippen MR) is 195 cm³/mol. The maximum atomic E-state index is 14.6. The van der Waals surface area contributed by atoms with Gasteiger partial charge in [-0.2, -0.15) is 0 Å². The second-order valence-electron chi connectivity index (χ2n) is 13.4. The monoisotopic (exact) mass is 654 g/mol. The van der Waals surface area contributed by atoms with Gasteiger partial charge in [0.25, 0.3) is 5.91 Å². The Kier molecular flexibility index (Phi) is 10.1. The lowest BCUT2D eigenvalue weighted by molar-refractivity contribution is -0.127. The van der Waals surface area contributed by atoms with E-state index < -0.39 is 0 Å². The van der Waals surface area contributed by atoms with Gasteiger partial charge in [0.15, 0.2) is 0 Å². The molecule has 0 bridgehead atoms. The van der Waals surface area contributed by atoms with Crippen molar-refractivity contribution in [3.8, 4) is 5.75 Å². The molecule has 2 N–H and O–H groups in total. The molecule has 0 saturated carbocycles. The van der Waals surface area contributed by atoms with Crippen LogP contribution in [0.15, 0.2) is 109 Å². The van der Waals surface area contributed by atoms with Crippen LogP contribution in [0.1, 0.15) is 83.7 Å². The van der Waals surface area contributed by atoms with Crippen molar-refractivity contribution < 1.29 is 14.3 Å². The van der Waals surface area contributed by atoms with Crippen LogP contribution in [0, 0.1) is 0 Å². The number of nitrogens with zero attached hydrogens (tertiary/aromatic N) is 2. The van der Waals surface area contributed by atoms with E-state index in [1.807, 2.05) is 41.3 Å². The van der Waals surface area contributed by atoms with Crippen LogP contribution >= 0.6 is 0 Å². The van der Waals surface area contributed by atoms with E-state index in [1.165, 1.54) is 0 Å². The molecule has 0 spiro atoms. The van der Waals surface area contributed by atoms with Crippen LogP contribution in [0.2, 0.25) is 0 Å². The molecule has 3 unspecified atom stereocenters. The van der Waals surface area contributed by atoms with E-state index in [2.05, 4.69) is 94.9 Å². The van der Waals surface area contributed by atoms with Gasteiger partial charge in [0.1, 0.15) is 18.1 Å². The third-order valence-electron chi connectivity index (χ3n) is 10.2. The Morgan fingerprint density at radius 1 is 0.898 bits per heavy atom. The summed E-state index contributed by atoms with van der Waals surface area (Å²) < 4.78 is 8.45. The highest BCUT2D eigenvalue weighted by Crippen LogP contribution is 2.42. The maximum absolute atomic E-state index is 14.6. The molecule has 0 radical (unpaired) electrons. The standard InChI is InChI=1S/C42H46N4O3/c1-30(36-18-10-25-43-36)46-37-19-9-8-17-35(37)40(41(46)42(48)44-26-12-28-45-27-11-20-38(45)47)39(32-15-6-3-7-16-32)33-21-23-34(24-22-33)49-29-31-13-4-2-5-14-31/h2-9,13-17,19,21-24,30,36,39,43H,10-12,18,20,25-29H2,1H3,(H,44,48). The molecule has 5 aromatic rings. The van der Waals surface area contributed by atoms with Crippen molar-refractivity contribution in [3.63, 3.8) is 0 Å². The lowest BCUT2D eigenvalue weighted by Gasteiger charge is -2.26. The van der Waals surface area contributed by atoms with Gasteiger partial charge in [-0.25, -0.2) is 0 Å². The van der Waals surface area contributed by atoms with Gasteiger partial charge in [0, 0.05) is 60.5 Å². The number of amides is 2. The summed E-state index contributed by atoms with van der Waals surface area (Å²) in [6.07, 6.45) is 4.47. The lowest BCUT2D eigenvalue weighted by atomic mass is 9.83. The number of nitrogens with one attached hydrogen (secondary N) is 2. The highest BCUT2D eigenvalue weighted by atomic mass is 16.5. The Morgan fingerprint density at radius 2 is 1.61 bits per heavy atom. The summed E-state index contributed by atoms with van der Waals surface area (Å²) in [4.78, 5) is 28.7. The van der Waals surface area contributed by atoms with Gasteiger partial charge in [0.05, 0.1) is 0 Å². The minimum Gasteiger partial charge on any atom is -0.489 e. The third-order valence-corrected chi connectivity index (χ3v) is 10.2. The van der Waals surface area contributed by atoms with Crippen molar-refractivity contribution in [1.29, 1.82) is 0 Å². The van der Waals surface area contributed by atoms with Crippen molar-refractivity contribution in [1.82, 2.24) is 20.1 Å². The number of carbonyl (C=O) groups is 2. The Bertz CT molecular complexity index is 1860. The molecular weight excluding hydrogens is 608 g/mol. The predicted octanol–water partition coefficient (Wildman–Crippen LogP) is 7.46. The minimum atomic E-state index is -0.192. The van der Waals surface area contributed by atoms with E-state index >= 15 is 0 Å². The molecule has 7 heteroatoms. The zero-order valence-electron chi connectivity index (χ0n) is 28.3. The number of ether oxygens (including phenoxy) is 1. The second kappa shape index (κ2) is 15.1. The van der Waals surface area contributed by atoms with Gasteiger partial charge < -0.3 is 24.8 Å². The molecule has 4 aromatic carbocycles. The fourth-order valence-electron chi connectivity index (χ4n) is 7.70. The molecular formula is C42H46N4O3. The van der Waals surface area contributed by atoms with E-state index in [1.54, 1.807) is 0 Å². The molecule has 7 nitrogen and oxygen atoms in total. The number of fused-ring (bicyclic) bond motifs is 1. The number of likely N-dealkylation sites (tertiary alicyclic amines) is 1. The van der Waals surface area contributed by atoms with Crippen LogP contribution in [0.3, 0.4) is 0 Å². The number of rotatable bonds is 13. The summed E-state index contributed by atoms with van der Waals surface area (Å²) in [7, 11) is 0. The summed E-state index contributed by atoms with van der Waals surface area (Å²) >= 11 is 0. The Balaban J connectivity index is 1.29. The number of benzene rings is 4. The topological polar surface area (TPSA) is 75.6 Å². The van der Waals surface area contributed by atoms with Crippen LogP contribution in [0.4, 0.5) is 0 Å². The first-order valence-corrected chi connectivity index (χ1v) is 17.8. The number of hydrogen-bond donors (Lipinski definition) is 2. The summed E-state index contributed by atoms with van der Waals surface area (Å²) in [6.45, 7) is 5.71.